The molecule has 0 aromatic heterocycles. The molecule has 1 heteroatoms. The average molecular weight is 152 g/mol. The fourth-order valence-corrected chi connectivity index (χ4v) is 0.828. The Morgan fingerprint density at radius 2 is 1.73 bits per heavy atom. The number of allylic oxidation sites excluding steroid dienone is 1. The van der Waals surface area contributed by atoms with Gasteiger partial charge in [-0.05, 0) is 13.8 Å². The van der Waals surface area contributed by atoms with Gasteiger partial charge in [-0.15, -0.1) is 13.2 Å². The molecule has 0 aromatic carbocycles. The van der Waals surface area contributed by atoms with Crippen molar-refractivity contribution in [3.63, 3.8) is 0 Å². The third-order valence-corrected chi connectivity index (χ3v) is 1.44. The summed E-state index contributed by atoms with van der Waals surface area (Å²) < 4.78 is 0. The van der Waals surface area contributed by atoms with Crippen molar-refractivity contribution in [2.75, 3.05) is 0 Å². The Bertz CT molecular complexity index is 156. The highest BCUT2D eigenvalue weighted by atomic mass is 16.3. The van der Waals surface area contributed by atoms with Crippen molar-refractivity contribution in [3.05, 3.63) is 37.0 Å². The normalized spacial score (nSPS) is 12.4. The molecular weight excluding hydrogens is 136 g/mol. The topological polar surface area (TPSA) is 20.2 Å². The van der Waals surface area contributed by atoms with E-state index in [-0.39, 0.29) is 5.92 Å². The van der Waals surface area contributed by atoms with Crippen LogP contribution in [-0.2, 0) is 0 Å². The molecule has 62 valence electrons. The van der Waals surface area contributed by atoms with Crippen molar-refractivity contribution in [2.24, 2.45) is 5.92 Å². The highest BCUT2D eigenvalue weighted by Gasteiger charge is 2.07. The molecule has 0 saturated carbocycles. The maximum Gasteiger partial charge on any atom is 0.0820 e. The quantitative estimate of drug-likeness (QED) is 0.613. The van der Waals surface area contributed by atoms with Gasteiger partial charge in [0.2, 0.25) is 0 Å². The monoisotopic (exact) mass is 152 g/mol. The zero-order valence-corrected chi connectivity index (χ0v) is 7.25. The fourth-order valence-electron chi connectivity index (χ4n) is 0.828. The van der Waals surface area contributed by atoms with Crippen molar-refractivity contribution >= 4 is 0 Å². The standard InChI is InChI=1S/C10H16O/c1-5-9(6-2)10(11)7-8(3)4/h5-7,9-11H,1-2H2,3-4H3. The average Bonchev–Trinajstić information content (AvgIpc) is 1.88. The number of hydrogen-bond acceptors (Lipinski definition) is 1. The second-order valence-corrected chi connectivity index (χ2v) is 2.78. The Hall–Kier alpha value is -0.820. The summed E-state index contributed by atoms with van der Waals surface area (Å²) in [6, 6.07) is 0. The van der Waals surface area contributed by atoms with Crippen LogP contribution in [0.1, 0.15) is 13.8 Å². The number of aliphatic hydroxyl groups excluding tert-OH is 1. The second kappa shape index (κ2) is 4.91. The van der Waals surface area contributed by atoms with Crippen LogP contribution in [0, 0.1) is 5.92 Å². The smallest absolute Gasteiger partial charge is 0.0820 e. The van der Waals surface area contributed by atoms with Gasteiger partial charge in [0.15, 0.2) is 0 Å². The van der Waals surface area contributed by atoms with Gasteiger partial charge in [-0.1, -0.05) is 23.8 Å². The lowest BCUT2D eigenvalue weighted by Gasteiger charge is -2.11. The summed E-state index contributed by atoms with van der Waals surface area (Å²) in [6.07, 6.45) is 4.71. The first-order valence-corrected chi connectivity index (χ1v) is 3.70. The molecule has 1 nitrogen and oxygen atoms in total. The zero-order valence-electron chi connectivity index (χ0n) is 7.25. The molecule has 0 bridgehead atoms. The first-order chi connectivity index (χ1) is 5.11. The number of rotatable bonds is 4. The molecule has 0 aliphatic heterocycles. The molecule has 1 atom stereocenters. The van der Waals surface area contributed by atoms with Crippen LogP contribution in [0.25, 0.3) is 0 Å². The molecule has 0 radical (unpaired) electrons. The van der Waals surface area contributed by atoms with E-state index in [9.17, 15) is 5.11 Å². The first-order valence-electron chi connectivity index (χ1n) is 3.70. The van der Waals surface area contributed by atoms with Crippen LogP contribution in [0.5, 0.6) is 0 Å². The molecule has 0 aromatic rings. The lowest BCUT2D eigenvalue weighted by Crippen LogP contribution is -2.13. The zero-order chi connectivity index (χ0) is 8.85. The minimum atomic E-state index is -0.477. The number of aliphatic hydroxyl groups is 1. The van der Waals surface area contributed by atoms with Gasteiger partial charge in [0.25, 0.3) is 0 Å². The summed E-state index contributed by atoms with van der Waals surface area (Å²) in [5.41, 5.74) is 1.10. The van der Waals surface area contributed by atoms with E-state index in [0.717, 1.165) is 5.57 Å². The summed E-state index contributed by atoms with van der Waals surface area (Å²) in [6.45, 7) is 11.1. The second-order valence-electron chi connectivity index (χ2n) is 2.78. The molecule has 0 amide bonds. The fraction of sp³-hybridized carbons (Fsp3) is 0.400. The lowest BCUT2D eigenvalue weighted by molar-refractivity contribution is 0.196. The predicted molar refractivity (Wildman–Crippen MR) is 49.3 cm³/mol. The Labute approximate surface area is 68.7 Å². The third-order valence-electron chi connectivity index (χ3n) is 1.44. The van der Waals surface area contributed by atoms with Crippen LogP contribution in [0.4, 0.5) is 0 Å². The van der Waals surface area contributed by atoms with Crippen molar-refractivity contribution in [1.29, 1.82) is 0 Å². The van der Waals surface area contributed by atoms with Crippen molar-refractivity contribution in [1.82, 2.24) is 0 Å². The molecule has 0 spiro atoms. The van der Waals surface area contributed by atoms with Gasteiger partial charge in [0, 0.05) is 5.92 Å². The van der Waals surface area contributed by atoms with E-state index in [1.165, 1.54) is 0 Å². The molecule has 0 rings (SSSR count). The Kier molecular flexibility index (Phi) is 4.55. The van der Waals surface area contributed by atoms with Crippen LogP contribution in [0.2, 0.25) is 0 Å². The van der Waals surface area contributed by atoms with Crippen molar-refractivity contribution in [2.45, 2.75) is 20.0 Å². The molecule has 11 heavy (non-hydrogen) atoms. The van der Waals surface area contributed by atoms with Gasteiger partial charge in [0.1, 0.15) is 0 Å². The Morgan fingerprint density at radius 3 is 2.00 bits per heavy atom. The Morgan fingerprint density at radius 1 is 1.27 bits per heavy atom. The van der Waals surface area contributed by atoms with Gasteiger partial charge >= 0.3 is 0 Å². The van der Waals surface area contributed by atoms with E-state index in [1.54, 1.807) is 18.2 Å². The van der Waals surface area contributed by atoms with Crippen LogP contribution in [0.15, 0.2) is 37.0 Å². The van der Waals surface area contributed by atoms with Crippen molar-refractivity contribution in [3.8, 4) is 0 Å². The van der Waals surface area contributed by atoms with Gasteiger partial charge in [-0.25, -0.2) is 0 Å². The van der Waals surface area contributed by atoms with E-state index in [2.05, 4.69) is 13.2 Å². The molecule has 0 aliphatic rings. The minimum Gasteiger partial charge on any atom is -0.388 e. The van der Waals surface area contributed by atoms with Crippen LogP contribution >= 0.6 is 0 Å². The number of hydrogen-bond donors (Lipinski definition) is 1. The molecule has 1 N–H and O–H groups in total. The lowest BCUT2D eigenvalue weighted by atomic mass is 10.0. The van der Waals surface area contributed by atoms with Gasteiger partial charge in [-0.3, -0.25) is 0 Å². The molecule has 0 aliphatic carbocycles. The van der Waals surface area contributed by atoms with Crippen LogP contribution in [0.3, 0.4) is 0 Å². The molecule has 0 fully saturated rings. The van der Waals surface area contributed by atoms with E-state index in [0.29, 0.717) is 0 Å². The maximum absolute atomic E-state index is 9.46. The van der Waals surface area contributed by atoms with E-state index < -0.39 is 6.10 Å². The summed E-state index contributed by atoms with van der Waals surface area (Å²) >= 11 is 0. The van der Waals surface area contributed by atoms with Crippen LogP contribution in [-0.4, -0.2) is 11.2 Å². The summed E-state index contributed by atoms with van der Waals surface area (Å²) in [5.74, 6) is -0.0371. The third kappa shape index (κ3) is 3.79. The molecular formula is C10H16O. The minimum absolute atomic E-state index is 0.0371. The molecule has 0 saturated heterocycles. The summed E-state index contributed by atoms with van der Waals surface area (Å²) in [5, 5.41) is 9.46. The van der Waals surface area contributed by atoms with E-state index in [1.807, 2.05) is 13.8 Å². The highest BCUT2D eigenvalue weighted by Crippen LogP contribution is 2.09. The Balaban J connectivity index is 4.20. The van der Waals surface area contributed by atoms with E-state index in [4.69, 9.17) is 0 Å². The predicted octanol–water partition coefficient (Wildman–Crippen LogP) is 2.30. The molecule has 0 heterocycles. The molecule has 1 unspecified atom stereocenters. The van der Waals surface area contributed by atoms with Crippen LogP contribution < -0.4 is 0 Å². The largest absolute Gasteiger partial charge is 0.388 e. The van der Waals surface area contributed by atoms with Crippen molar-refractivity contribution < 1.29 is 5.11 Å². The summed E-state index contributed by atoms with van der Waals surface area (Å²) in [4.78, 5) is 0. The van der Waals surface area contributed by atoms with Gasteiger partial charge < -0.3 is 5.11 Å². The van der Waals surface area contributed by atoms with Gasteiger partial charge in [0.05, 0.1) is 6.10 Å². The van der Waals surface area contributed by atoms with Gasteiger partial charge in [-0.2, -0.15) is 0 Å². The maximum atomic E-state index is 9.46. The summed E-state index contributed by atoms with van der Waals surface area (Å²) in [7, 11) is 0. The first kappa shape index (κ1) is 10.2. The SMILES string of the molecule is C=CC(C=C)C(O)C=C(C)C. The highest BCUT2D eigenvalue weighted by molar-refractivity contribution is 5.07. The van der Waals surface area contributed by atoms with E-state index >= 15 is 0 Å².